The summed E-state index contributed by atoms with van der Waals surface area (Å²) in [5, 5.41) is 3.69. The molecule has 2 heteroatoms. The van der Waals surface area contributed by atoms with Crippen molar-refractivity contribution in [3.63, 3.8) is 0 Å². The molecule has 2 aliphatic rings. The molecule has 0 aromatic heterocycles. The van der Waals surface area contributed by atoms with Gasteiger partial charge in [-0.2, -0.15) is 0 Å². The molecule has 1 heterocycles. The molecule has 2 fully saturated rings. The van der Waals surface area contributed by atoms with Crippen molar-refractivity contribution in [2.24, 2.45) is 5.41 Å². The molecule has 13 heavy (non-hydrogen) atoms. The van der Waals surface area contributed by atoms with E-state index in [0.29, 0.717) is 11.5 Å². The Balaban J connectivity index is 1.78. The lowest BCUT2D eigenvalue weighted by Gasteiger charge is -2.39. The van der Waals surface area contributed by atoms with E-state index in [0.717, 1.165) is 19.3 Å². The normalized spacial score (nSPS) is 34.2. The van der Waals surface area contributed by atoms with Crippen LogP contribution in [0.1, 0.15) is 39.5 Å². The number of hydrogen-bond acceptors (Lipinski definition) is 2. The highest BCUT2D eigenvalue weighted by atomic mass is 16.5. The van der Waals surface area contributed by atoms with Gasteiger partial charge in [-0.15, -0.1) is 0 Å². The van der Waals surface area contributed by atoms with Crippen molar-refractivity contribution in [1.82, 2.24) is 5.32 Å². The van der Waals surface area contributed by atoms with Crippen LogP contribution in [0.5, 0.6) is 0 Å². The van der Waals surface area contributed by atoms with Gasteiger partial charge in [-0.25, -0.2) is 0 Å². The van der Waals surface area contributed by atoms with E-state index in [-0.39, 0.29) is 0 Å². The zero-order valence-electron chi connectivity index (χ0n) is 8.81. The Morgan fingerprint density at radius 2 is 2.00 bits per heavy atom. The Morgan fingerprint density at radius 1 is 1.23 bits per heavy atom. The molecule has 1 N–H and O–H groups in total. The first-order valence-electron chi connectivity index (χ1n) is 5.49. The fraction of sp³-hybridized carbons (Fsp3) is 1.00. The van der Waals surface area contributed by atoms with E-state index in [4.69, 9.17) is 4.74 Å². The lowest BCUT2D eigenvalue weighted by atomic mass is 9.75. The van der Waals surface area contributed by atoms with Gasteiger partial charge in [0.2, 0.25) is 0 Å². The minimum Gasteiger partial charge on any atom is -0.378 e. The predicted octanol–water partition coefficient (Wildman–Crippen LogP) is 1.94. The molecule has 1 aliphatic heterocycles. The van der Waals surface area contributed by atoms with Crippen molar-refractivity contribution in [3.8, 4) is 0 Å². The van der Waals surface area contributed by atoms with Gasteiger partial charge >= 0.3 is 0 Å². The molecule has 1 unspecified atom stereocenters. The lowest BCUT2D eigenvalue weighted by Crippen LogP contribution is -2.52. The molecule has 1 saturated carbocycles. The molecule has 0 bridgehead atoms. The van der Waals surface area contributed by atoms with Crippen LogP contribution in [-0.2, 0) is 4.74 Å². The number of nitrogens with one attached hydrogen (secondary N) is 1. The third-order valence-corrected chi connectivity index (χ3v) is 3.31. The highest BCUT2D eigenvalue weighted by Crippen LogP contribution is 2.35. The van der Waals surface area contributed by atoms with Crippen molar-refractivity contribution in [2.45, 2.75) is 51.6 Å². The van der Waals surface area contributed by atoms with E-state index in [1.54, 1.807) is 0 Å². The molecule has 76 valence electrons. The summed E-state index contributed by atoms with van der Waals surface area (Å²) < 4.78 is 5.17. The second-order valence-electron chi connectivity index (χ2n) is 5.36. The maximum Gasteiger partial charge on any atom is 0.0643 e. The van der Waals surface area contributed by atoms with Gasteiger partial charge in [-0.1, -0.05) is 20.3 Å². The predicted molar refractivity (Wildman–Crippen MR) is 53.8 cm³/mol. The van der Waals surface area contributed by atoms with Crippen molar-refractivity contribution >= 4 is 0 Å². The Bertz CT molecular complexity index is 175. The summed E-state index contributed by atoms with van der Waals surface area (Å²) in [4.78, 5) is 0. The van der Waals surface area contributed by atoms with Gasteiger partial charge in [0.05, 0.1) is 19.3 Å². The molecule has 0 amide bonds. The summed E-state index contributed by atoms with van der Waals surface area (Å²) in [6.45, 7) is 6.63. The zero-order valence-corrected chi connectivity index (χ0v) is 8.81. The molecule has 0 aromatic carbocycles. The molecule has 0 aromatic rings. The van der Waals surface area contributed by atoms with E-state index < -0.39 is 0 Å². The number of hydrogen-bond donors (Lipinski definition) is 1. The monoisotopic (exact) mass is 183 g/mol. The molecule has 0 spiro atoms. The molecule has 2 rings (SSSR count). The summed E-state index contributed by atoms with van der Waals surface area (Å²) in [6.07, 6.45) is 5.48. The van der Waals surface area contributed by atoms with Crippen LogP contribution >= 0.6 is 0 Å². The summed E-state index contributed by atoms with van der Waals surface area (Å²) in [5.41, 5.74) is 0.556. The van der Waals surface area contributed by atoms with Crippen LogP contribution in [0.2, 0.25) is 0 Å². The second kappa shape index (κ2) is 3.58. The smallest absolute Gasteiger partial charge is 0.0643 e. The molecule has 0 radical (unpaired) electrons. The van der Waals surface area contributed by atoms with Crippen LogP contribution < -0.4 is 5.32 Å². The minimum absolute atomic E-state index is 0.556. The average molecular weight is 183 g/mol. The summed E-state index contributed by atoms with van der Waals surface area (Å²) in [6, 6.07) is 1.40. The van der Waals surface area contributed by atoms with Crippen LogP contribution in [0.15, 0.2) is 0 Å². The Morgan fingerprint density at radius 3 is 2.54 bits per heavy atom. The van der Waals surface area contributed by atoms with Crippen LogP contribution in [0.4, 0.5) is 0 Å². The minimum atomic E-state index is 0.556. The largest absolute Gasteiger partial charge is 0.378 e. The van der Waals surface area contributed by atoms with Crippen molar-refractivity contribution in [1.29, 1.82) is 0 Å². The maximum atomic E-state index is 5.17. The first-order valence-corrected chi connectivity index (χ1v) is 5.49. The number of ether oxygens (including phenoxy) is 1. The van der Waals surface area contributed by atoms with Crippen LogP contribution in [0.3, 0.4) is 0 Å². The third-order valence-electron chi connectivity index (χ3n) is 3.31. The molecular weight excluding hydrogens is 162 g/mol. The molecule has 1 aliphatic carbocycles. The highest BCUT2D eigenvalue weighted by Gasteiger charge is 2.30. The summed E-state index contributed by atoms with van der Waals surface area (Å²) in [7, 11) is 0. The fourth-order valence-electron chi connectivity index (χ4n) is 2.51. The first kappa shape index (κ1) is 9.47. The standard InChI is InChI=1S/C11H21NO/c1-11(2)5-3-4-9(6-11)12-10-7-13-8-10/h9-10,12H,3-8H2,1-2H3. The van der Waals surface area contributed by atoms with Gasteiger partial charge in [-0.3, -0.25) is 0 Å². The molecule has 1 atom stereocenters. The highest BCUT2D eigenvalue weighted by molar-refractivity contribution is 4.86. The van der Waals surface area contributed by atoms with E-state index >= 15 is 0 Å². The van der Waals surface area contributed by atoms with Gasteiger partial charge < -0.3 is 10.1 Å². The summed E-state index contributed by atoms with van der Waals surface area (Å²) >= 11 is 0. The second-order valence-corrected chi connectivity index (χ2v) is 5.36. The Kier molecular flexibility index (Phi) is 2.61. The van der Waals surface area contributed by atoms with Crippen LogP contribution in [0.25, 0.3) is 0 Å². The maximum absolute atomic E-state index is 5.17. The zero-order chi connectivity index (χ0) is 9.31. The van der Waals surface area contributed by atoms with Gasteiger partial charge in [-0.05, 0) is 24.7 Å². The van der Waals surface area contributed by atoms with E-state index in [1.807, 2.05) is 0 Å². The third kappa shape index (κ3) is 2.44. The van der Waals surface area contributed by atoms with E-state index in [2.05, 4.69) is 19.2 Å². The van der Waals surface area contributed by atoms with Crippen LogP contribution in [-0.4, -0.2) is 25.3 Å². The molecular formula is C11H21NO. The fourth-order valence-corrected chi connectivity index (χ4v) is 2.51. The van der Waals surface area contributed by atoms with E-state index in [1.165, 1.54) is 25.7 Å². The first-order chi connectivity index (χ1) is 6.16. The van der Waals surface area contributed by atoms with Gasteiger partial charge in [0, 0.05) is 6.04 Å². The lowest BCUT2D eigenvalue weighted by molar-refractivity contribution is -0.0151. The average Bonchev–Trinajstić information content (AvgIpc) is 1.95. The van der Waals surface area contributed by atoms with Gasteiger partial charge in [0.1, 0.15) is 0 Å². The van der Waals surface area contributed by atoms with Crippen molar-refractivity contribution in [2.75, 3.05) is 13.2 Å². The van der Waals surface area contributed by atoms with Crippen molar-refractivity contribution < 1.29 is 4.74 Å². The number of rotatable bonds is 2. The van der Waals surface area contributed by atoms with Crippen molar-refractivity contribution in [3.05, 3.63) is 0 Å². The van der Waals surface area contributed by atoms with E-state index in [9.17, 15) is 0 Å². The topological polar surface area (TPSA) is 21.3 Å². The van der Waals surface area contributed by atoms with Gasteiger partial charge in [0.15, 0.2) is 0 Å². The Labute approximate surface area is 81.0 Å². The van der Waals surface area contributed by atoms with Crippen LogP contribution in [0, 0.1) is 5.41 Å². The van der Waals surface area contributed by atoms with Gasteiger partial charge in [0.25, 0.3) is 0 Å². The SMILES string of the molecule is CC1(C)CCCC(NC2COC2)C1. The molecule has 1 saturated heterocycles. The Hall–Kier alpha value is -0.0800. The molecule has 2 nitrogen and oxygen atoms in total. The summed E-state index contributed by atoms with van der Waals surface area (Å²) in [5.74, 6) is 0. The quantitative estimate of drug-likeness (QED) is 0.706.